The molecule has 0 spiro atoms. The van der Waals surface area contributed by atoms with Crippen LogP contribution >= 0.6 is 0 Å². The summed E-state index contributed by atoms with van der Waals surface area (Å²) < 4.78 is 0. The van der Waals surface area contributed by atoms with Gasteiger partial charge in [0.2, 0.25) is 5.82 Å². The first-order chi connectivity index (χ1) is 9.06. The van der Waals surface area contributed by atoms with Gasteiger partial charge in [-0.25, -0.2) is 4.98 Å². The lowest BCUT2D eigenvalue weighted by atomic mass is 10.2. The SMILES string of the molecule is Cc1ccc(CNc2nc(N)ccc2[N+](=O)[O-])cn1. The molecular weight excluding hydrogens is 246 g/mol. The maximum Gasteiger partial charge on any atom is 0.311 e. The standard InChI is InChI=1S/C12H13N5O2/c1-8-2-3-9(6-14-8)7-15-12-10(17(18)19)4-5-11(13)16-12/h2-6H,7H2,1H3,(H3,13,15,16). The fourth-order valence-electron chi connectivity index (χ4n) is 1.53. The number of anilines is 2. The van der Waals surface area contributed by atoms with Crippen LogP contribution in [-0.2, 0) is 6.54 Å². The highest BCUT2D eigenvalue weighted by molar-refractivity contribution is 5.59. The van der Waals surface area contributed by atoms with E-state index >= 15 is 0 Å². The number of nitrogen functional groups attached to an aromatic ring is 1. The van der Waals surface area contributed by atoms with E-state index in [2.05, 4.69) is 15.3 Å². The molecule has 0 saturated carbocycles. The van der Waals surface area contributed by atoms with E-state index in [-0.39, 0.29) is 17.3 Å². The third-order valence-electron chi connectivity index (χ3n) is 2.52. The summed E-state index contributed by atoms with van der Waals surface area (Å²) in [6, 6.07) is 6.50. The zero-order chi connectivity index (χ0) is 13.8. The van der Waals surface area contributed by atoms with Crippen molar-refractivity contribution >= 4 is 17.3 Å². The molecular formula is C12H13N5O2. The predicted molar refractivity (Wildman–Crippen MR) is 71.6 cm³/mol. The average molecular weight is 259 g/mol. The summed E-state index contributed by atoms with van der Waals surface area (Å²) >= 11 is 0. The molecule has 7 nitrogen and oxygen atoms in total. The van der Waals surface area contributed by atoms with Gasteiger partial charge in [-0.1, -0.05) is 6.07 Å². The third-order valence-corrected chi connectivity index (χ3v) is 2.52. The van der Waals surface area contributed by atoms with Crippen LogP contribution in [0.3, 0.4) is 0 Å². The second kappa shape index (κ2) is 5.30. The normalized spacial score (nSPS) is 10.2. The number of nitrogens with one attached hydrogen (secondary N) is 1. The Kier molecular flexibility index (Phi) is 3.56. The van der Waals surface area contributed by atoms with Gasteiger partial charge in [0.1, 0.15) is 5.82 Å². The molecule has 3 N–H and O–H groups in total. The Morgan fingerprint density at radius 3 is 2.79 bits per heavy atom. The number of hydrogen-bond donors (Lipinski definition) is 2. The van der Waals surface area contributed by atoms with E-state index in [0.717, 1.165) is 11.3 Å². The minimum atomic E-state index is -0.498. The number of nitrogens with zero attached hydrogens (tertiary/aromatic N) is 3. The van der Waals surface area contributed by atoms with Crippen molar-refractivity contribution in [1.29, 1.82) is 0 Å². The highest BCUT2D eigenvalue weighted by Gasteiger charge is 2.14. The molecule has 7 heteroatoms. The largest absolute Gasteiger partial charge is 0.384 e. The van der Waals surface area contributed by atoms with Crippen molar-refractivity contribution in [2.45, 2.75) is 13.5 Å². The van der Waals surface area contributed by atoms with Crippen molar-refractivity contribution in [1.82, 2.24) is 9.97 Å². The van der Waals surface area contributed by atoms with Crippen LogP contribution in [-0.4, -0.2) is 14.9 Å². The van der Waals surface area contributed by atoms with Gasteiger partial charge in [-0.3, -0.25) is 15.1 Å². The van der Waals surface area contributed by atoms with Crippen molar-refractivity contribution in [3.05, 3.63) is 51.8 Å². The Morgan fingerprint density at radius 1 is 1.37 bits per heavy atom. The molecule has 0 aliphatic rings. The molecule has 19 heavy (non-hydrogen) atoms. The van der Waals surface area contributed by atoms with Crippen molar-refractivity contribution in [2.24, 2.45) is 0 Å². The maximum absolute atomic E-state index is 10.9. The topological polar surface area (TPSA) is 107 Å². The number of hydrogen-bond acceptors (Lipinski definition) is 6. The molecule has 0 atom stereocenters. The summed E-state index contributed by atoms with van der Waals surface area (Å²) in [4.78, 5) is 18.4. The van der Waals surface area contributed by atoms with E-state index in [9.17, 15) is 10.1 Å². The van der Waals surface area contributed by atoms with Gasteiger partial charge < -0.3 is 11.1 Å². The van der Waals surface area contributed by atoms with Crippen molar-refractivity contribution in [2.75, 3.05) is 11.1 Å². The van der Waals surface area contributed by atoms with E-state index in [0.29, 0.717) is 6.54 Å². The van der Waals surface area contributed by atoms with Gasteiger partial charge in [-0.2, -0.15) is 0 Å². The summed E-state index contributed by atoms with van der Waals surface area (Å²) in [5, 5.41) is 13.8. The number of nitrogens with two attached hydrogens (primary N) is 1. The Balaban J connectivity index is 2.16. The molecule has 0 aliphatic heterocycles. The fourth-order valence-corrected chi connectivity index (χ4v) is 1.53. The van der Waals surface area contributed by atoms with Crippen LogP contribution in [0.2, 0.25) is 0 Å². The molecule has 0 unspecified atom stereocenters. The summed E-state index contributed by atoms with van der Waals surface area (Å²) in [7, 11) is 0. The maximum atomic E-state index is 10.9. The van der Waals surface area contributed by atoms with E-state index in [1.54, 1.807) is 6.20 Å². The van der Waals surface area contributed by atoms with Gasteiger partial charge in [0, 0.05) is 24.5 Å². The average Bonchev–Trinajstić information content (AvgIpc) is 2.38. The molecule has 98 valence electrons. The zero-order valence-electron chi connectivity index (χ0n) is 10.3. The quantitative estimate of drug-likeness (QED) is 0.641. The number of pyridine rings is 2. The van der Waals surface area contributed by atoms with Gasteiger partial charge in [0.25, 0.3) is 0 Å². The molecule has 0 bridgehead atoms. The summed E-state index contributed by atoms with van der Waals surface area (Å²) in [5.41, 5.74) is 7.25. The Labute approximate surface area is 109 Å². The Bertz CT molecular complexity index is 598. The molecule has 0 aromatic carbocycles. The predicted octanol–water partition coefficient (Wildman–Crippen LogP) is 1.89. The molecule has 0 fully saturated rings. The first kappa shape index (κ1) is 12.7. The van der Waals surface area contributed by atoms with Gasteiger partial charge in [-0.05, 0) is 24.6 Å². The second-order valence-electron chi connectivity index (χ2n) is 4.02. The van der Waals surface area contributed by atoms with Gasteiger partial charge in [0.15, 0.2) is 0 Å². The molecule has 0 amide bonds. The van der Waals surface area contributed by atoms with Crippen LogP contribution in [0, 0.1) is 17.0 Å². The van der Waals surface area contributed by atoms with Crippen molar-refractivity contribution in [3.63, 3.8) is 0 Å². The van der Waals surface area contributed by atoms with Crippen molar-refractivity contribution < 1.29 is 4.92 Å². The zero-order valence-corrected chi connectivity index (χ0v) is 10.3. The van der Waals surface area contributed by atoms with Crippen molar-refractivity contribution in [3.8, 4) is 0 Å². The van der Waals surface area contributed by atoms with E-state index in [4.69, 9.17) is 5.73 Å². The fraction of sp³-hybridized carbons (Fsp3) is 0.167. The first-order valence-electron chi connectivity index (χ1n) is 5.62. The number of rotatable bonds is 4. The lowest BCUT2D eigenvalue weighted by Gasteiger charge is -2.07. The van der Waals surface area contributed by atoms with Crippen LogP contribution in [0.5, 0.6) is 0 Å². The highest BCUT2D eigenvalue weighted by atomic mass is 16.6. The Hall–Kier alpha value is -2.70. The Morgan fingerprint density at radius 2 is 2.16 bits per heavy atom. The molecule has 0 saturated heterocycles. The molecule has 2 heterocycles. The van der Waals surface area contributed by atoms with Crippen LogP contribution in [0.25, 0.3) is 0 Å². The minimum absolute atomic E-state index is 0.103. The molecule has 2 rings (SSSR count). The minimum Gasteiger partial charge on any atom is -0.384 e. The lowest BCUT2D eigenvalue weighted by molar-refractivity contribution is -0.384. The van der Waals surface area contributed by atoms with Crippen LogP contribution in [0.1, 0.15) is 11.3 Å². The molecule has 0 aliphatic carbocycles. The van der Waals surface area contributed by atoms with Gasteiger partial charge in [-0.15, -0.1) is 0 Å². The van der Waals surface area contributed by atoms with Crippen LogP contribution < -0.4 is 11.1 Å². The molecule has 2 aromatic heterocycles. The summed E-state index contributed by atoms with van der Waals surface area (Å²) in [5.74, 6) is 0.390. The van der Waals surface area contributed by atoms with E-state index in [1.165, 1.54) is 12.1 Å². The summed E-state index contributed by atoms with van der Waals surface area (Å²) in [6.07, 6.45) is 1.71. The summed E-state index contributed by atoms with van der Waals surface area (Å²) in [6.45, 7) is 2.28. The third kappa shape index (κ3) is 3.15. The molecule has 0 radical (unpaired) electrons. The monoisotopic (exact) mass is 259 g/mol. The number of nitro groups is 1. The van der Waals surface area contributed by atoms with Crippen LogP contribution in [0.4, 0.5) is 17.3 Å². The number of aromatic nitrogens is 2. The van der Waals surface area contributed by atoms with Gasteiger partial charge in [0.05, 0.1) is 4.92 Å². The van der Waals surface area contributed by atoms with E-state index < -0.39 is 4.92 Å². The lowest BCUT2D eigenvalue weighted by Crippen LogP contribution is -2.06. The van der Waals surface area contributed by atoms with Gasteiger partial charge >= 0.3 is 5.69 Å². The van der Waals surface area contributed by atoms with Crippen LogP contribution in [0.15, 0.2) is 30.5 Å². The number of aryl methyl sites for hydroxylation is 1. The molecule has 2 aromatic rings. The first-order valence-corrected chi connectivity index (χ1v) is 5.62. The second-order valence-corrected chi connectivity index (χ2v) is 4.02. The smallest absolute Gasteiger partial charge is 0.311 e. The highest BCUT2D eigenvalue weighted by Crippen LogP contribution is 2.23. The van der Waals surface area contributed by atoms with E-state index in [1.807, 2.05) is 19.1 Å².